The van der Waals surface area contributed by atoms with Gasteiger partial charge in [0.15, 0.2) is 11.5 Å². The molecule has 2 aliphatic heterocycles. The van der Waals surface area contributed by atoms with E-state index in [2.05, 4.69) is 5.32 Å². The first-order chi connectivity index (χ1) is 14.7. The molecule has 0 saturated heterocycles. The smallest absolute Gasteiger partial charge is 0.338 e. The fourth-order valence-electron chi connectivity index (χ4n) is 3.48. The number of carboxylic acid groups (broad SMARTS) is 1. The average molecular weight is 435 g/mol. The number of amides is 2. The molecule has 1 aromatic rings. The van der Waals surface area contributed by atoms with Gasteiger partial charge in [0.1, 0.15) is 0 Å². The Balaban J connectivity index is 2.08. The number of nitro benzene ring substituents is 1. The van der Waals surface area contributed by atoms with E-state index in [1.807, 2.05) is 0 Å². The van der Waals surface area contributed by atoms with E-state index in [9.17, 15) is 24.5 Å². The molecule has 2 heterocycles. The summed E-state index contributed by atoms with van der Waals surface area (Å²) in [5, 5.41) is 23.1. The van der Waals surface area contributed by atoms with Gasteiger partial charge in [-0.3, -0.25) is 19.8 Å². The molecule has 2 N–H and O–H groups in total. The first kappa shape index (κ1) is 21.9. The lowest BCUT2D eigenvalue weighted by atomic mass is 9.93. The van der Waals surface area contributed by atoms with Gasteiger partial charge >= 0.3 is 18.0 Å². The number of aliphatic carboxylic acids is 1. The maximum absolute atomic E-state index is 12.8. The van der Waals surface area contributed by atoms with Gasteiger partial charge in [-0.05, 0) is 26.3 Å². The molecule has 1 atom stereocenters. The van der Waals surface area contributed by atoms with Crippen molar-refractivity contribution in [1.82, 2.24) is 10.2 Å². The van der Waals surface area contributed by atoms with Crippen molar-refractivity contribution >= 4 is 23.7 Å². The van der Waals surface area contributed by atoms with E-state index >= 15 is 0 Å². The van der Waals surface area contributed by atoms with Crippen molar-refractivity contribution in [3.63, 3.8) is 0 Å². The van der Waals surface area contributed by atoms with Crippen LogP contribution in [0.1, 0.15) is 38.3 Å². The van der Waals surface area contributed by atoms with Crippen LogP contribution < -0.4 is 14.8 Å². The fourth-order valence-corrected chi connectivity index (χ4v) is 3.48. The molecular weight excluding hydrogens is 414 g/mol. The predicted molar refractivity (Wildman–Crippen MR) is 103 cm³/mol. The van der Waals surface area contributed by atoms with Gasteiger partial charge in [0, 0.05) is 18.7 Å². The molecule has 0 aliphatic carbocycles. The number of rotatable bonds is 8. The lowest BCUT2D eigenvalue weighted by molar-refractivity contribution is -0.385. The summed E-state index contributed by atoms with van der Waals surface area (Å²) in [5.74, 6) is -1.33. The number of hydrogen-bond acceptors (Lipinski definition) is 8. The molecule has 0 fully saturated rings. The summed E-state index contributed by atoms with van der Waals surface area (Å²) >= 11 is 0. The maximum Gasteiger partial charge on any atom is 0.338 e. The molecule has 166 valence electrons. The van der Waals surface area contributed by atoms with E-state index in [0.29, 0.717) is 0 Å². The highest BCUT2D eigenvalue weighted by atomic mass is 16.7. The minimum atomic E-state index is -1.17. The Morgan fingerprint density at radius 1 is 1.35 bits per heavy atom. The van der Waals surface area contributed by atoms with E-state index in [1.165, 1.54) is 24.0 Å². The van der Waals surface area contributed by atoms with Crippen LogP contribution in [-0.4, -0.2) is 52.8 Å². The third kappa shape index (κ3) is 4.37. The number of esters is 1. The number of nitrogens with one attached hydrogen (secondary N) is 1. The highest BCUT2D eigenvalue weighted by Crippen LogP contribution is 2.43. The molecule has 2 aliphatic rings. The predicted octanol–water partition coefficient (Wildman–Crippen LogP) is 2.09. The van der Waals surface area contributed by atoms with Crippen LogP contribution in [0.3, 0.4) is 0 Å². The molecular formula is C19H21N3O9. The molecule has 0 saturated carbocycles. The Hall–Kier alpha value is -3.83. The Bertz CT molecular complexity index is 973. The maximum atomic E-state index is 12.8. The van der Waals surface area contributed by atoms with E-state index in [0.717, 1.165) is 0 Å². The first-order valence-electron chi connectivity index (χ1n) is 9.50. The molecule has 12 heteroatoms. The molecule has 1 unspecified atom stereocenters. The van der Waals surface area contributed by atoms with Crippen LogP contribution in [0.25, 0.3) is 0 Å². The second-order valence-corrected chi connectivity index (χ2v) is 6.77. The summed E-state index contributed by atoms with van der Waals surface area (Å²) in [6, 6.07) is 0.754. The number of urea groups is 1. The van der Waals surface area contributed by atoms with Crippen molar-refractivity contribution in [3.8, 4) is 11.5 Å². The van der Waals surface area contributed by atoms with Gasteiger partial charge in [0.05, 0.1) is 34.8 Å². The molecule has 2 amide bonds. The van der Waals surface area contributed by atoms with Crippen LogP contribution in [0, 0.1) is 10.1 Å². The molecule has 0 bridgehead atoms. The van der Waals surface area contributed by atoms with Crippen molar-refractivity contribution in [3.05, 3.63) is 39.1 Å². The summed E-state index contributed by atoms with van der Waals surface area (Å²) in [5.41, 5.74) is -0.0815. The van der Waals surface area contributed by atoms with Gasteiger partial charge in [-0.1, -0.05) is 0 Å². The van der Waals surface area contributed by atoms with Crippen molar-refractivity contribution in [2.24, 2.45) is 0 Å². The highest BCUT2D eigenvalue weighted by molar-refractivity contribution is 5.95. The van der Waals surface area contributed by atoms with Crippen LogP contribution in [0.15, 0.2) is 23.4 Å². The number of ether oxygens (including phenoxy) is 3. The van der Waals surface area contributed by atoms with Crippen molar-refractivity contribution in [2.75, 3.05) is 19.9 Å². The number of allylic oxidation sites excluding steroid dienone is 1. The molecule has 1 aromatic carbocycles. The van der Waals surface area contributed by atoms with Gasteiger partial charge in [-0.2, -0.15) is 0 Å². The Kier molecular flexibility index (Phi) is 6.28. The number of fused-ring (bicyclic) bond motifs is 1. The summed E-state index contributed by atoms with van der Waals surface area (Å²) in [6.07, 6.45) is -0.00605. The van der Waals surface area contributed by atoms with Crippen LogP contribution in [0.2, 0.25) is 0 Å². The van der Waals surface area contributed by atoms with Crippen LogP contribution in [0.4, 0.5) is 10.5 Å². The summed E-state index contributed by atoms with van der Waals surface area (Å²) in [6.45, 7) is 3.11. The van der Waals surface area contributed by atoms with Gasteiger partial charge in [-0.15, -0.1) is 0 Å². The average Bonchev–Trinajstić information content (AvgIpc) is 3.16. The summed E-state index contributed by atoms with van der Waals surface area (Å²) in [4.78, 5) is 48.6. The quantitative estimate of drug-likeness (QED) is 0.354. The third-order valence-electron chi connectivity index (χ3n) is 4.89. The highest BCUT2D eigenvalue weighted by Gasteiger charge is 2.40. The number of benzene rings is 1. The molecule has 0 aromatic heterocycles. The molecule has 12 nitrogen and oxygen atoms in total. The number of carbonyl (C=O) groups is 3. The molecule has 31 heavy (non-hydrogen) atoms. The second-order valence-electron chi connectivity index (χ2n) is 6.77. The van der Waals surface area contributed by atoms with Crippen LogP contribution in [0.5, 0.6) is 11.5 Å². The molecule has 3 rings (SSSR count). The van der Waals surface area contributed by atoms with Gasteiger partial charge in [-0.25, -0.2) is 9.59 Å². The number of carbonyl (C=O) groups excluding carboxylic acids is 2. The standard InChI is InChI=1S/C19H21N3O9/c1-3-29-18(25)16-10(2)21(6-4-5-15(23)24)19(26)20-17(16)11-7-13-14(31-9-30-13)8-12(11)22(27)28/h7-8,17H,3-6,9H2,1-2H3,(H,20,26)(H,23,24). The Labute approximate surface area is 176 Å². The van der Waals surface area contributed by atoms with E-state index in [1.54, 1.807) is 6.92 Å². The van der Waals surface area contributed by atoms with Gasteiger partial charge in [0.2, 0.25) is 6.79 Å². The normalized spacial score (nSPS) is 17.4. The van der Waals surface area contributed by atoms with Crippen LogP contribution in [-0.2, 0) is 14.3 Å². The van der Waals surface area contributed by atoms with Crippen molar-refractivity contribution in [2.45, 2.75) is 32.7 Å². The largest absolute Gasteiger partial charge is 0.481 e. The zero-order valence-corrected chi connectivity index (χ0v) is 16.9. The van der Waals surface area contributed by atoms with E-state index in [-0.39, 0.29) is 66.8 Å². The minimum absolute atomic E-state index is 0.0127. The van der Waals surface area contributed by atoms with E-state index < -0.39 is 28.9 Å². The van der Waals surface area contributed by atoms with Crippen molar-refractivity contribution in [1.29, 1.82) is 0 Å². The monoisotopic (exact) mass is 435 g/mol. The summed E-state index contributed by atoms with van der Waals surface area (Å²) in [7, 11) is 0. The number of carboxylic acids is 1. The zero-order chi connectivity index (χ0) is 22.7. The second kappa shape index (κ2) is 8.90. The SMILES string of the molecule is CCOC(=O)C1=C(C)N(CCCC(=O)O)C(=O)NC1c1cc2c(cc1[N+](=O)[O-])OCO2. The van der Waals surface area contributed by atoms with Gasteiger partial charge in [0.25, 0.3) is 5.69 Å². The third-order valence-corrected chi connectivity index (χ3v) is 4.89. The molecule has 0 radical (unpaired) electrons. The Morgan fingerprint density at radius 3 is 2.65 bits per heavy atom. The Morgan fingerprint density at radius 2 is 2.03 bits per heavy atom. The van der Waals surface area contributed by atoms with Gasteiger partial charge < -0.3 is 24.6 Å². The summed E-state index contributed by atoms with van der Waals surface area (Å²) < 4.78 is 15.6. The minimum Gasteiger partial charge on any atom is -0.481 e. The molecule has 0 spiro atoms. The number of nitro groups is 1. The number of hydrogen-bond donors (Lipinski definition) is 2. The zero-order valence-electron chi connectivity index (χ0n) is 16.9. The lowest BCUT2D eigenvalue weighted by Crippen LogP contribution is -2.48. The topological polar surface area (TPSA) is 158 Å². The fraction of sp³-hybridized carbons (Fsp3) is 0.421. The van der Waals surface area contributed by atoms with E-state index in [4.69, 9.17) is 19.3 Å². The first-order valence-corrected chi connectivity index (χ1v) is 9.50. The van der Waals surface area contributed by atoms with Crippen molar-refractivity contribution < 1.29 is 38.6 Å². The van der Waals surface area contributed by atoms with Crippen LogP contribution >= 0.6 is 0 Å². The lowest BCUT2D eigenvalue weighted by Gasteiger charge is -2.35. The number of nitrogens with zero attached hydrogens (tertiary/aromatic N) is 2.